The summed E-state index contributed by atoms with van der Waals surface area (Å²) >= 11 is 0. The van der Waals surface area contributed by atoms with E-state index < -0.39 is 0 Å². The number of hydrogen-bond acceptors (Lipinski definition) is 5. The molecule has 0 aliphatic carbocycles. The van der Waals surface area contributed by atoms with Gasteiger partial charge in [-0.1, -0.05) is 75.8 Å². The maximum absolute atomic E-state index is 12.4. The molecule has 5 nitrogen and oxygen atoms in total. The van der Waals surface area contributed by atoms with Gasteiger partial charge in [0.15, 0.2) is 0 Å². The fraction of sp³-hybridized carbons (Fsp3) is 0.567. The number of methoxy groups -OCH3 is 1. The second-order valence-corrected chi connectivity index (χ2v) is 9.51. The van der Waals surface area contributed by atoms with E-state index in [0.717, 1.165) is 42.7 Å². The largest absolute Gasteiger partial charge is 0.497 e. The van der Waals surface area contributed by atoms with Crippen LogP contribution < -0.4 is 9.47 Å². The summed E-state index contributed by atoms with van der Waals surface area (Å²) in [6.07, 6.45) is 10.3. The third-order valence-electron chi connectivity index (χ3n) is 6.09. The highest BCUT2D eigenvalue weighted by Gasteiger charge is 2.17. The van der Waals surface area contributed by atoms with Gasteiger partial charge in [-0.15, -0.1) is 0 Å². The lowest BCUT2D eigenvalue weighted by atomic mass is 10.0. The molecule has 0 unspecified atom stereocenters. The highest BCUT2D eigenvalue weighted by molar-refractivity contribution is 5.69. The zero-order chi connectivity index (χ0) is 25.3. The van der Waals surface area contributed by atoms with Crippen LogP contribution in [-0.4, -0.2) is 51.3 Å². The summed E-state index contributed by atoms with van der Waals surface area (Å²) in [4.78, 5) is 14.5. The van der Waals surface area contributed by atoms with Crippen molar-refractivity contribution in [2.75, 3.05) is 34.4 Å². The molecule has 0 heterocycles. The number of para-hydroxylation sites is 1. The minimum Gasteiger partial charge on any atom is -0.497 e. The maximum atomic E-state index is 12.4. The lowest BCUT2D eigenvalue weighted by Crippen LogP contribution is -2.35. The number of hydrogen-bond donors (Lipinski definition) is 0. The van der Waals surface area contributed by atoms with E-state index in [2.05, 4.69) is 25.1 Å². The van der Waals surface area contributed by atoms with Crippen molar-refractivity contribution in [1.82, 2.24) is 4.90 Å². The first-order valence-electron chi connectivity index (χ1n) is 13.2. The molecule has 1 atom stereocenters. The normalized spacial score (nSPS) is 11.9. The highest BCUT2D eigenvalue weighted by Crippen LogP contribution is 2.21. The first-order valence-corrected chi connectivity index (χ1v) is 13.2. The lowest BCUT2D eigenvalue weighted by Gasteiger charge is -2.22. The first kappa shape index (κ1) is 28.7. The fourth-order valence-electron chi connectivity index (χ4n) is 4.11. The quantitative estimate of drug-likeness (QED) is 0.180. The van der Waals surface area contributed by atoms with Crippen molar-refractivity contribution in [1.29, 1.82) is 0 Å². The van der Waals surface area contributed by atoms with Crippen LogP contribution in [0.3, 0.4) is 0 Å². The Morgan fingerprint density at radius 2 is 1.57 bits per heavy atom. The molecular formula is C30H45NO4. The Bertz CT molecular complexity index is 835. The van der Waals surface area contributed by atoms with E-state index in [4.69, 9.17) is 14.2 Å². The number of unbranched alkanes of at least 4 members (excludes halogenated alkanes) is 6. The van der Waals surface area contributed by atoms with Gasteiger partial charge >= 0.3 is 5.97 Å². The minimum absolute atomic E-state index is 0.123. The first-order chi connectivity index (χ1) is 17.0. The lowest BCUT2D eigenvalue weighted by molar-refractivity contribution is -0.151. The zero-order valence-electron chi connectivity index (χ0n) is 22.3. The molecule has 194 valence electrons. The molecule has 0 radical (unpaired) electrons. The predicted octanol–water partition coefficient (Wildman–Crippen LogP) is 6.47. The number of esters is 1. The molecule has 0 saturated heterocycles. The van der Waals surface area contributed by atoms with E-state index in [-0.39, 0.29) is 12.1 Å². The van der Waals surface area contributed by atoms with Crippen molar-refractivity contribution in [3.8, 4) is 11.5 Å². The minimum atomic E-state index is -0.295. The summed E-state index contributed by atoms with van der Waals surface area (Å²) in [6, 6.07) is 16.3. The Balaban J connectivity index is 1.83. The van der Waals surface area contributed by atoms with E-state index >= 15 is 0 Å². The van der Waals surface area contributed by atoms with Crippen LogP contribution in [0, 0.1) is 0 Å². The molecule has 0 aromatic heterocycles. The van der Waals surface area contributed by atoms with Crippen molar-refractivity contribution in [3.05, 3.63) is 59.7 Å². The van der Waals surface area contributed by atoms with E-state index in [1.807, 2.05) is 49.3 Å². The monoisotopic (exact) mass is 483 g/mol. The molecular weight excluding hydrogens is 438 g/mol. The van der Waals surface area contributed by atoms with Gasteiger partial charge in [-0.3, -0.25) is 4.79 Å². The van der Waals surface area contributed by atoms with Crippen LogP contribution in [0.4, 0.5) is 0 Å². The van der Waals surface area contributed by atoms with Gasteiger partial charge in [0.25, 0.3) is 0 Å². The fourth-order valence-corrected chi connectivity index (χ4v) is 4.11. The van der Waals surface area contributed by atoms with Crippen LogP contribution in [0.5, 0.6) is 11.5 Å². The number of aryl methyl sites for hydroxylation is 2. The molecule has 2 rings (SSSR count). The molecule has 2 aromatic carbocycles. The molecule has 5 heteroatoms. The third-order valence-corrected chi connectivity index (χ3v) is 6.09. The molecule has 0 saturated carbocycles. The summed E-state index contributed by atoms with van der Waals surface area (Å²) in [5.74, 6) is 1.60. The number of carbonyl (C=O) groups is 1. The average Bonchev–Trinajstić information content (AvgIpc) is 2.86. The van der Waals surface area contributed by atoms with Gasteiger partial charge in [-0.2, -0.15) is 0 Å². The van der Waals surface area contributed by atoms with Crippen molar-refractivity contribution in [2.24, 2.45) is 0 Å². The van der Waals surface area contributed by atoms with E-state index in [9.17, 15) is 4.79 Å². The summed E-state index contributed by atoms with van der Waals surface area (Å²) < 4.78 is 17.2. The topological polar surface area (TPSA) is 48.0 Å². The number of likely N-dealkylation sites (N-methyl/N-ethyl adjacent to an activating group) is 1. The van der Waals surface area contributed by atoms with E-state index in [1.54, 1.807) is 7.11 Å². The van der Waals surface area contributed by atoms with Gasteiger partial charge in [0, 0.05) is 13.0 Å². The van der Waals surface area contributed by atoms with Gasteiger partial charge in [-0.05, 0) is 62.7 Å². The van der Waals surface area contributed by atoms with Crippen LogP contribution >= 0.6 is 0 Å². The average molecular weight is 484 g/mol. The van der Waals surface area contributed by atoms with Crippen LogP contribution in [0.1, 0.15) is 69.4 Å². The molecule has 0 aliphatic rings. The standard InChI is InChI=1S/C30H45NO4/c1-5-6-7-8-9-10-11-16-30(32)35-28(23-31(2)3)24-34-29-15-13-12-14-26(29)20-17-25-18-21-27(33-4)22-19-25/h12-15,18-19,21-22,28H,5-11,16-17,20,23-24H2,1-4H3/t28-/m0/s1. The highest BCUT2D eigenvalue weighted by atomic mass is 16.6. The van der Waals surface area contributed by atoms with Crippen LogP contribution in [-0.2, 0) is 22.4 Å². The molecule has 35 heavy (non-hydrogen) atoms. The molecule has 0 N–H and O–H groups in total. The number of ether oxygens (including phenoxy) is 3. The van der Waals surface area contributed by atoms with Gasteiger partial charge < -0.3 is 19.1 Å². The molecule has 0 aliphatic heterocycles. The third kappa shape index (κ3) is 12.1. The Morgan fingerprint density at radius 1 is 0.886 bits per heavy atom. The van der Waals surface area contributed by atoms with Gasteiger partial charge in [-0.25, -0.2) is 0 Å². The molecule has 2 aromatic rings. The van der Waals surface area contributed by atoms with Crippen LogP contribution in [0.15, 0.2) is 48.5 Å². The van der Waals surface area contributed by atoms with Crippen LogP contribution in [0.2, 0.25) is 0 Å². The van der Waals surface area contributed by atoms with Crippen molar-refractivity contribution < 1.29 is 19.0 Å². The smallest absolute Gasteiger partial charge is 0.306 e. The second kappa shape index (κ2) is 17.0. The second-order valence-electron chi connectivity index (χ2n) is 9.51. The molecule has 0 spiro atoms. The number of rotatable bonds is 18. The van der Waals surface area contributed by atoms with Crippen molar-refractivity contribution >= 4 is 5.97 Å². The summed E-state index contributed by atoms with van der Waals surface area (Å²) in [6.45, 7) is 3.21. The summed E-state index contributed by atoms with van der Waals surface area (Å²) in [5, 5.41) is 0. The zero-order valence-corrected chi connectivity index (χ0v) is 22.3. The Kier molecular flexibility index (Phi) is 13.9. The van der Waals surface area contributed by atoms with E-state index in [1.165, 1.54) is 37.7 Å². The van der Waals surface area contributed by atoms with Crippen molar-refractivity contribution in [2.45, 2.75) is 77.2 Å². The maximum Gasteiger partial charge on any atom is 0.306 e. The number of benzene rings is 2. The summed E-state index contributed by atoms with van der Waals surface area (Å²) in [5.41, 5.74) is 2.41. The Morgan fingerprint density at radius 3 is 2.26 bits per heavy atom. The Hall–Kier alpha value is -2.53. The van der Waals surface area contributed by atoms with Gasteiger partial charge in [0.1, 0.15) is 24.2 Å². The summed E-state index contributed by atoms with van der Waals surface area (Å²) in [7, 11) is 5.65. The van der Waals surface area contributed by atoms with Gasteiger partial charge in [0.05, 0.1) is 7.11 Å². The molecule has 0 fully saturated rings. The SMILES string of the molecule is CCCCCCCCCC(=O)O[C@H](COc1ccccc1CCc1ccc(OC)cc1)CN(C)C. The molecule has 0 bridgehead atoms. The molecule has 0 amide bonds. The predicted molar refractivity (Wildman–Crippen MR) is 143 cm³/mol. The Labute approximate surface area is 212 Å². The number of carbonyl (C=O) groups excluding carboxylic acids is 1. The van der Waals surface area contributed by atoms with E-state index in [0.29, 0.717) is 19.6 Å². The van der Waals surface area contributed by atoms with Crippen LogP contribution in [0.25, 0.3) is 0 Å². The van der Waals surface area contributed by atoms with Crippen molar-refractivity contribution in [3.63, 3.8) is 0 Å². The van der Waals surface area contributed by atoms with Gasteiger partial charge in [0.2, 0.25) is 0 Å². The number of nitrogens with zero attached hydrogens (tertiary/aromatic N) is 1.